The van der Waals surface area contributed by atoms with E-state index in [-0.39, 0.29) is 0 Å². The first-order valence-corrected chi connectivity index (χ1v) is 7.15. The summed E-state index contributed by atoms with van der Waals surface area (Å²) < 4.78 is 0. The van der Waals surface area contributed by atoms with E-state index in [2.05, 4.69) is 15.1 Å². The lowest BCUT2D eigenvalue weighted by Crippen LogP contribution is -2.48. The molecule has 106 valence electrons. The van der Waals surface area contributed by atoms with Crippen molar-refractivity contribution in [2.45, 2.75) is 12.6 Å². The van der Waals surface area contributed by atoms with Crippen LogP contribution in [0.5, 0.6) is 0 Å². The highest BCUT2D eigenvalue weighted by Crippen LogP contribution is 2.18. The Balaban J connectivity index is 1.77. The molecule has 0 aliphatic carbocycles. The zero-order valence-electron chi connectivity index (χ0n) is 11.8. The summed E-state index contributed by atoms with van der Waals surface area (Å²) in [6.07, 6.45) is 0.734. The summed E-state index contributed by atoms with van der Waals surface area (Å²) in [5.74, 6) is 0. The molecule has 2 N–H and O–H groups in total. The maximum Gasteiger partial charge on any atom is 0.133 e. The summed E-state index contributed by atoms with van der Waals surface area (Å²) >= 11 is 0. The van der Waals surface area contributed by atoms with Crippen LogP contribution < -0.4 is 5.32 Å². The van der Waals surface area contributed by atoms with E-state index in [1.165, 1.54) is 6.42 Å². The third-order valence-electron chi connectivity index (χ3n) is 3.75. The number of benzene rings is 1. The number of piperazine rings is 1. The van der Waals surface area contributed by atoms with Crippen LogP contribution in [0.3, 0.4) is 0 Å². The molecule has 0 radical (unpaired) electrons. The molecule has 0 aromatic heterocycles. The molecule has 2 rings (SSSR count). The minimum Gasteiger partial charge on any atom is -0.374 e. The molecule has 1 saturated heterocycles. The first-order chi connectivity index (χ1) is 9.31. The molecule has 1 fully saturated rings. The van der Waals surface area contributed by atoms with E-state index in [1.54, 1.807) is 0 Å². The Labute approximate surface area is 116 Å². The van der Waals surface area contributed by atoms with Gasteiger partial charge in [0.05, 0.1) is 0 Å². The first-order valence-electron chi connectivity index (χ1n) is 7.15. The van der Waals surface area contributed by atoms with Crippen molar-refractivity contribution in [3.63, 3.8) is 0 Å². The second-order valence-electron chi connectivity index (χ2n) is 5.12. The van der Waals surface area contributed by atoms with Crippen LogP contribution in [0.25, 0.3) is 0 Å². The monoisotopic (exact) mass is 263 g/mol. The highest BCUT2D eigenvalue weighted by atomic mass is 16.3. The summed E-state index contributed by atoms with van der Waals surface area (Å²) in [4.78, 5) is 4.63. The van der Waals surface area contributed by atoms with Gasteiger partial charge in [0.1, 0.15) is 6.23 Å². The van der Waals surface area contributed by atoms with Crippen molar-refractivity contribution in [2.24, 2.45) is 0 Å². The molecule has 1 heterocycles. The van der Waals surface area contributed by atoms with Gasteiger partial charge in [0.15, 0.2) is 0 Å². The summed E-state index contributed by atoms with van der Waals surface area (Å²) in [6, 6.07) is 9.92. The van der Waals surface area contributed by atoms with Gasteiger partial charge in [-0.05, 0) is 32.1 Å². The molecule has 19 heavy (non-hydrogen) atoms. The Morgan fingerprint density at radius 3 is 2.47 bits per heavy atom. The maximum atomic E-state index is 10.3. The van der Waals surface area contributed by atoms with Gasteiger partial charge in [-0.15, -0.1) is 0 Å². The zero-order valence-corrected chi connectivity index (χ0v) is 11.8. The predicted octanol–water partition coefficient (Wildman–Crippen LogP) is 0.905. The number of hydrogen-bond acceptors (Lipinski definition) is 4. The first kappa shape index (κ1) is 14.5. The molecule has 1 aliphatic rings. The molecule has 4 nitrogen and oxygen atoms in total. The molecule has 0 saturated carbocycles. The van der Waals surface area contributed by atoms with E-state index in [9.17, 15) is 5.11 Å². The average molecular weight is 263 g/mol. The topological polar surface area (TPSA) is 38.7 Å². The highest BCUT2D eigenvalue weighted by molar-refractivity contribution is 5.17. The minimum atomic E-state index is -0.458. The Kier molecular flexibility index (Phi) is 5.79. The van der Waals surface area contributed by atoms with Gasteiger partial charge >= 0.3 is 0 Å². The van der Waals surface area contributed by atoms with Crippen molar-refractivity contribution in [1.29, 1.82) is 0 Å². The summed E-state index contributed by atoms with van der Waals surface area (Å²) in [5.41, 5.74) is 0.992. The van der Waals surface area contributed by atoms with Crippen LogP contribution in [0.15, 0.2) is 30.3 Å². The molecular weight excluding hydrogens is 238 g/mol. The Bertz CT molecular complexity index is 350. The molecule has 1 aromatic rings. The van der Waals surface area contributed by atoms with E-state index in [0.717, 1.165) is 44.8 Å². The molecule has 1 unspecified atom stereocenters. The number of nitrogens with zero attached hydrogens (tertiary/aromatic N) is 2. The van der Waals surface area contributed by atoms with Gasteiger partial charge in [0, 0.05) is 26.2 Å². The molecule has 0 bridgehead atoms. The third kappa shape index (κ3) is 4.28. The van der Waals surface area contributed by atoms with Gasteiger partial charge in [-0.2, -0.15) is 0 Å². The SMILES string of the molecule is CNCCCN1CCN(C(O)c2ccccc2)CC1. The Hall–Kier alpha value is -0.940. The van der Waals surface area contributed by atoms with Crippen molar-refractivity contribution >= 4 is 0 Å². The van der Waals surface area contributed by atoms with Crippen LogP contribution >= 0.6 is 0 Å². The molecule has 0 spiro atoms. The lowest BCUT2D eigenvalue weighted by atomic mass is 10.1. The van der Waals surface area contributed by atoms with E-state index >= 15 is 0 Å². The predicted molar refractivity (Wildman–Crippen MR) is 78.0 cm³/mol. The van der Waals surface area contributed by atoms with Gasteiger partial charge in [0.2, 0.25) is 0 Å². The molecule has 1 aromatic carbocycles. The van der Waals surface area contributed by atoms with E-state index < -0.39 is 6.23 Å². The van der Waals surface area contributed by atoms with Crippen molar-refractivity contribution < 1.29 is 5.11 Å². The molecule has 1 atom stereocenters. The number of nitrogens with one attached hydrogen (secondary N) is 1. The Morgan fingerprint density at radius 2 is 1.84 bits per heavy atom. The van der Waals surface area contributed by atoms with Gasteiger partial charge in [-0.3, -0.25) is 4.90 Å². The quantitative estimate of drug-likeness (QED) is 0.748. The van der Waals surface area contributed by atoms with E-state index in [1.807, 2.05) is 37.4 Å². The van der Waals surface area contributed by atoms with Crippen LogP contribution in [-0.2, 0) is 0 Å². The number of aliphatic hydroxyl groups is 1. The fraction of sp³-hybridized carbons (Fsp3) is 0.600. The molecule has 4 heteroatoms. The second kappa shape index (κ2) is 7.60. The molecular formula is C15H25N3O. The van der Waals surface area contributed by atoms with Gasteiger partial charge in [-0.1, -0.05) is 30.3 Å². The van der Waals surface area contributed by atoms with Gasteiger partial charge in [0.25, 0.3) is 0 Å². The lowest BCUT2D eigenvalue weighted by Gasteiger charge is -2.37. The fourth-order valence-corrected chi connectivity index (χ4v) is 2.55. The standard InChI is InChI=1S/C15H25N3O/c1-16-8-5-9-17-10-12-18(13-11-17)15(19)14-6-3-2-4-7-14/h2-4,6-7,15-16,19H,5,8-13H2,1H3. The zero-order chi connectivity index (χ0) is 13.5. The van der Waals surface area contributed by atoms with E-state index in [0.29, 0.717) is 0 Å². The fourth-order valence-electron chi connectivity index (χ4n) is 2.55. The highest BCUT2D eigenvalue weighted by Gasteiger charge is 2.22. The normalized spacial score (nSPS) is 19.5. The van der Waals surface area contributed by atoms with Gasteiger partial charge < -0.3 is 15.3 Å². The largest absolute Gasteiger partial charge is 0.374 e. The Morgan fingerprint density at radius 1 is 1.16 bits per heavy atom. The van der Waals surface area contributed by atoms with Crippen molar-refractivity contribution in [2.75, 3.05) is 46.3 Å². The number of rotatable bonds is 6. The van der Waals surface area contributed by atoms with Crippen LogP contribution in [0, 0.1) is 0 Å². The second-order valence-corrected chi connectivity index (χ2v) is 5.12. The smallest absolute Gasteiger partial charge is 0.133 e. The van der Waals surface area contributed by atoms with Crippen LogP contribution in [-0.4, -0.2) is 61.2 Å². The van der Waals surface area contributed by atoms with Crippen LogP contribution in [0.2, 0.25) is 0 Å². The van der Waals surface area contributed by atoms with Crippen molar-refractivity contribution in [3.8, 4) is 0 Å². The number of hydrogen-bond donors (Lipinski definition) is 2. The van der Waals surface area contributed by atoms with Crippen molar-refractivity contribution in [3.05, 3.63) is 35.9 Å². The molecule has 1 aliphatic heterocycles. The number of aliphatic hydroxyl groups excluding tert-OH is 1. The van der Waals surface area contributed by atoms with Gasteiger partial charge in [-0.25, -0.2) is 0 Å². The molecule has 0 amide bonds. The average Bonchev–Trinajstić information content (AvgIpc) is 2.48. The van der Waals surface area contributed by atoms with Crippen LogP contribution in [0.4, 0.5) is 0 Å². The van der Waals surface area contributed by atoms with Crippen molar-refractivity contribution in [1.82, 2.24) is 15.1 Å². The van der Waals surface area contributed by atoms with E-state index in [4.69, 9.17) is 0 Å². The lowest BCUT2D eigenvalue weighted by molar-refractivity contribution is -0.0273. The summed E-state index contributed by atoms with van der Waals surface area (Å²) in [7, 11) is 1.99. The summed E-state index contributed by atoms with van der Waals surface area (Å²) in [6.45, 7) is 6.20. The third-order valence-corrected chi connectivity index (χ3v) is 3.75. The van der Waals surface area contributed by atoms with Crippen LogP contribution in [0.1, 0.15) is 18.2 Å². The summed E-state index contributed by atoms with van der Waals surface area (Å²) in [5, 5.41) is 13.5. The minimum absolute atomic E-state index is 0.458. The maximum absolute atomic E-state index is 10.3.